The Morgan fingerprint density at radius 3 is 2.32 bits per heavy atom. The van der Waals surface area contributed by atoms with Crippen LogP contribution in [0.3, 0.4) is 0 Å². The van der Waals surface area contributed by atoms with Crippen molar-refractivity contribution in [3.63, 3.8) is 0 Å². The van der Waals surface area contributed by atoms with E-state index in [1.807, 2.05) is 18.2 Å². The van der Waals surface area contributed by atoms with Crippen LogP contribution in [0.4, 0.5) is 0 Å². The molecule has 1 amide bonds. The monoisotopic (exact) mass is 380 g/mol. The minimum absolute atomic E-state index is 0.109. The van der Waals surface area contributed by atoms with Gasteiger partial charge in [0.25, 0.3) is 0 Å². The van der Waals surface area contributed by atoms with Crippen molar-refractivity contribution >= 4 is 12.0 Å². The van der Waals surface area contributed by atoms with E-state index >= 15 is 0 Å². The first-order chi connectivity index (χ1) is 13.7. The van der Waals surface area contributed by atoms with Crippen molar-refractivity contribution in [1.82, 2.24) is 10.2 Å². The fraction of sp³-hybridized carbons (Fsp3) is 0.348. The minimum atomic E-state index is -0.109. The van der Waals surface area contributed by atoms with Crippen LogP contribution in [0.2, 0.25) is 0 Å². The molecule has 1 heterocycles. The van der Waals surface area contributed by atoms with E-state index in [1.165, 1.54) is 18.4 Å². The largest absolute Gasteiger partial charge is 0.497 e. The number of benzene rings is 2. The molecule has 148 valence electrons. The van der Waals surface area contributed by atoms with Gasteiger partial charge in [0.15, 0.2) is 0 Å². The molecule has 28 heavy (non-hydrogen) atoms. The molecule has 1 unspecified atom stereocenters. The molecular formula is C23H28N2O3. The Hall–Kier alpha value is -2.79. The quantitative estimate of drug-likeness (QED) is 0.710. The molecule has 1 aliphatic heterocycles. The molecule has 5 nitrogen and oxygen atoms in total. The van der Waals surface area contributed by atoms with Gasteiger partial charge >= 0.3 is 0 Å². The summed E-state index contributed by atoms with van der Waals surface area (Å²) in [6, 6.07) is 16.1. The Kier molecular flexibility index (Phi) is 7.09. The number of nitrogens with one attached hydrogen (secondary N) is 1. The van der Waals surface area contributed by atoms with Crippen molar-refractivity contribution in [3.8, 4) is 11.5 Å². The zero-order valence-corrected chi connectivity index (χ0v) is 16.6. The first-order valence-electron chi connectivity index (χ1n) is 9.67. The molecular weight excluding hydrogens is 352 g/mol. The molecule has 3 rings (SSSR count). The number of rotatable bonds is 8. The van der Waals surface area contributed by atoms with Gasteiger partial charge in [-0.2, -0.15) is 0 Å². The van der Waals surface area contributed by atoms with Crippen LogP contribution in [0.25, 0.3) is 6.08 Å². The zero-order valence-electron chi connectivity index (χ0n) is 16.6. The lowest BCUT2D eigenvalue weighted by Gasteiger charge is -2.28. The highest BCUT2D eigenvalue weighted by atomic mass is 16.5. The molecule has 1 atom stereocenters. The summed E-state index contributed by atoms with van der Waals surface area (Å²) < 4.78 is 10.5. The van der Waals surface area contributed by atoms with Crippen LogP contribution in [-0.4, -0.2) is 44.7 Å². The first kappa shape index (κ1) is 20.0. The number of hydrogen-bond donors (Lipinski definition) is 1. The zero-order chi connectivity index (χ0) is 19.8. The van der Waals surface area contributed by atoms with Crippen molar-refractivity contribution in [1.29, 1.82) is 0 Å². The van der Waals surface area contributed by atoms with Gasteiger partial charge in [-0.25, -0.2) is 0 Å². The van der Waals surface area contributed by atoms with Gasteiger partial charge in [0, 0.05) is 18.7 Å². The van der Waals surface area contributed by atoms with Crippen LogP contribution >= 0.6 is 0 Å². The fourth-order valence-corrected chi connectivity index (χ4v) is 3.54. The maximum Gasteiger partial charge on any atom is 0.244 e. The van der Waals surface area contributed by atoms with E-state index in [1.54, 1.807) is 32.4 Å². The van der Waals surface area contributed by atoms with Crippen molar-refractivity contribution in [2.45, 2.75) is 18.9 Å². The molecule has 1 N–H and O–H groups in total. The van der Waals surface area contributed by atoms with Gasteiger partial charge in [-0.3, -0.25) is 9.69 Å². The van der Waals surface area contributed by atoms with E-state index in [0.29, 0.717) is 18.0 Å². The highest BCUT2D eigenvalue weighted by Crippen LogP contribution is 2.25. The Labute approximate surface area is 167 Å². The molecule has 5 heteroatoms. The SMILES string of the molecule is COc1cc(/C=C/C(=O)NCC(c2ccccc2)N2CCCC2)cc(OC)c1. The van der Waals surface area contributed by atoms with E-state index in [9.17, 15) is 4.79 Å². The second-order valence-electron chi connectivity index (χ2n) is 6.89. The van der Waals surface area contributed by atoms with Crippen molar-refractivity contribution < 1.29 is 14.3 Å². The number of carbonyl (C=O) groups is 1. The third-order valence-electron chi connectivity index (χ3n) is 5.04. The lowest BCUT2D eigenvalue weighted by Crippen LogP contribution is -2.36. The first-order valence-corrected chi connectivity index (χ1v) is 9.67. The second-order valence-corrected chi connectivity index (χ2v) is 6.89. The number of ether oxygens (including phenoxy) is 2. The third-order valence-corrected chi connectivity index (χ3v) is 5.04. The van der Waals surface area contributed by atoms with Gasteiger partial charge < -0.3 is 14.8 Å². The number of likely N-dealkylation sites (tertiary alicyclic amines) is 1. The average molecular weight is 380 g/mol. The number of carbonyl (C=O) groups excluding carboxylic acids is 1. The summed E-state index contributed by atoms with van der Waals surface area (Å²) in [7, 11) is 3.22. The molecule has 1 aliphatic rings. The number of methoxy groups -OCH3 is 2. The number of nitrogens with zero attached hydrogens (tertiary/aromatic N) is 1. The van der Waals surface area contributed by atoms with Crippen molar-refractivity contribution in [2.75, 3.05) is 33.9 Å². The summed E-state index contributed by atoms with van der Waals surface area (Å²) in [6.45, 7) is 2.75. The van der Waals surface area contributed by atoms with Crippen LogP contribution in [0.5, 0.6) is 11.5 Å². The van der Waals surface area contributed by atoms with Gasteiger partial charge in [0.1, 0.15) is 11.5 Å². The van der Waals surface area contributed by atoms with Gasteiger partial charge in [-0.05, 0) is 55.3 Å². The molecule has 0 saturated carbocycles. The number of amides is 1. The van der Waals surface area contributed by atoms with Gasteiger partial charge in [0.2, 0.25) is 5.91 Å². The van der Waals surface area contributed by atoms with E-state index in [-0.39, 0.29) is 11.9 Å². The molecule has 1 saturated heterocycles. The maximum atomic E-state index is 12.4. The molecule has 2 aromatic carbocycles. The summed E-state index contributed by atoms with van der Waals surface area (Å²) in [4.78, 5) is 14.8. The van der Waals surface area contributed by atoms with Gasteiger partial charge in [-0.1, -0.05) is 30.3 Å². The van der Waals surface area contributed by atoms with E-state index in [4.69, 9.17) is 9.47 Å². The summed E-state index contributed by atoms with van der Waals surface area (Å²) in [6.07, 6.45) is 5.76. The van der Waals surface area contributed by atoms with Crippen LogP contribution in [0.15, 0.2) is 54.6 Å². The Balaban J connectivity index is 1.64. The lowest BCUT2D eigenvalue weighted by molar-refractivity contribution is -0.116. The predicted octanol–water partition coefficient (Wildman–Crippen LogP) is 3.67. The molecule has 0 aliphatic carbocycles. The molecule has 0 bridgehead atoms. The highest BCUT2D eigenvalue weighted by molar-refractivity contribution is 5.91. The third kappa shape index (κ3) is 5.36. The standard InChI is InChI=1S/C23H28N2O3/c1-27-20-14-18(15-21(16-20)28-2)10-11-23(26)24-17-22(25-12-6-7-13-25)19-8-4-3-5-9-19/h3-5,8-11,14-16,22H,6-7,12-13,17H2,1-2H3,(H,24,26)/b11-10+. The summed E-state index contributed by atoms with van der Waals surface area (Å²) >= 11 is 0. The Morgan fingerprint density at radius 2 is 1.71 bits per heavy atom. The van der Waals surface area contributed by atoms with Crippen molar-refractivity contribution in [3.05, 3.63) is 65.7 Å². The van der Waals surface area contributed by atoms with Crippen LogP contribution in [0.1, 0.15) is 30.0 Å². The molecule has 2 aromatic rings. The van der Waals surface area contributed by atoms with Crippen molar-refractivity contribution in [2.24, 2.45) is 0 Å². The second kappa shape index (κ2) is 9.95. The summed E-state index contributed by atoms with van der Waals surface area (Å²) in [5.74, 6) is 1.28. The van der Waals surface area contributed by atoms with Gasteiger partial charge in [0.05, 0.1) is 20.3 Å². The molecule has 0 radical (unpaired) electrons. The van der Waals surface area contributed by atoms with Crippen LogP contribution in [-0.2, 0) is 4.79 Å². The normalized spacial score (nSPS) is 15.5. The Morgan fingerprint density at radius 1 is 1.07 bits per heavy atom. The van der Waals surface area contributed by atoms with E-state index < -0.39 is 0 Å². The highest BCUT2D eigenvalue weighted by Gasteiger charge is 2.23. The maximum absolute atomic E-state index is 12.4. The molecule has 1 fully saturated rings. The summed E-state index contributed by atoms with van der Waals surface area (Å²) in [5.41, 5.74) is 2.09. The smallest absolute Gasteiger partial charge is 0.244 e. The van der Waals surface area contributed by atoms with E-state index in [0.717, 1.165) is 18.7 Å². The molecule has 0 aromatic heterocycles. The molecule has 0 spiro atoms. The topological polar surface area (TPSA) is 50.8 Å². The number of hydrogen-bond acceptors (Lipinski definition) is 4. The van der Waals surface area contributed by atoms with E-state index in [2.05, 4.69) is 34.5 Å². The Bertz CT molecular complexity index is 776. The predicted molar refractivity (Wildman–Crippen MR) is 112 cm³/mol. The fourth-order valence-electron chi connectivity index (χ4n) is 3.54. The van der Waals surface area contributed by atoms with Gasteiger partial charge in [-0.15, -0.1) is 0 Å². The van der Waals surface area contributed by atoms with Crippen LogP contribution in [0, 0.1) is 0 Å². The average Bonchev–Trinajstić information content (AvgIpc) is 3.27. The lowest BCUT2D eigenvalue weighted by atomic mass is 10.1. The summed E-state index contributed by atoms with van der Waals surface area (Å²) in [5, 5.41) is 3.06. The van der Waals surface area contributed by atoms with Crippen LogP contribution < -0.4 is 14.8 Å². The minimum Gasteiger partial charge on any atom is -0.497 e.